The molecule has 2 heterocycles. The van der Waals surface area contributed by atoms with Crippen molar-refractivity contribution in [2.45, 2.75) is 77.9 Å². The summed E-state index contributed by atoms with van der Waals surface area (Å²) in [7, 11) is 0. The zero-order valence-electron chi connectivity index (χ0n) is 19.3. The van der Waals surface area contributed by atoms with Gasteiger partial charge >= 0.3 is 6.03 Å². The van der Waals surface area contributed by atoms with E-state index in [4.69, 9.17) is 4.52 Å². The van der Waals surface area contributed by atoms with Gasteiger partial charge in [0.15, 0.2) is 5.82 Å². The zero-order chi connectivity index (χ0) is 23.5. The van der Waals surface area contributed by atoms with Crippen LogP contribution in [0.1, 0.15) is 70.3 Å². The van der Waals surface area contributed by atoms with Crippen molar-refractivity contribution < 1.29 is 18.9 Å². The number of carbonyl (C=O) groups is 3. The van der Waals surface area contributed by atoms with E-state index in [1.807, 2.05) is 45.0 Å². The van der Waals surface area contributed by atoms with Crippen molar-refractivity contribution in [1.82, 2.24) is 25.7 Å². The second-order valence-corrected chi connectivity index (χ2v) is 9.65. The average molecular weight is 442 g/mol. The highest BCUT2D eigenvalue weighted by Gasteiger charge is 2.44. The number of hydrogen-bond acceptors (Lipinski definition) is 6. The first-order valence-electron chi connectivity index (χ1n) is 10.8. The Kier molecular flexibility index (Phi) is 6.66. The van der Waals surface area contributed by atoms with Gasteiger partial charge in [-0.15, -0.1) is 0 Å². The van der Waals surface area contributed by atoms with Crippen LogP contribution in [0.2, 0.25) is 0 Å². The molecule has 172 valence electrons. The van der Waals surface area contributed by atoms with Crippen LogP contribution in [0.4, 0.5) is 4.79 Å². The summed E-state index contributed by atoms with van der Waals surface area (Å²) >= 11 is 0. The van der Waals surface area contributed by atoms with E-state index in [1.54, 1.807) is 13.8 Å². The highest BCUT2D eigenvalue weighted by Crippen LogP contribution is 2.20. The lowest BCUT2D eigenvalue weighted by atomic mass is 9.96. The van der Waals surface area contributed by atoms with E-state index < -0.39 is 5.54 Å². The molecular weight excluding hydrogens is 410 g/mol. The number of aromatic nitrogens is 2. The van der Waals surface area contributed by atoms with Crippen LogP contribution in [0.5, 0.6) is 0 Å². The van der Waals surface area contributed by atoms with Gasteiger partial charge in [0.05, 0.1) is 6.54 Å². The van der Waals surface area contributed by atoms with Crippen LogP contribution in [0.25, 0.3) is 0 Å². The topological polar surface area (TPSA) is 117 Å². The van der Waals surface area contributed by atoms with Gasteiger partial charge in [0, 0.05) is 24.8 Å². The molecule has 1 aromatic heterocycles. The monoisotopic (exact) mass is 441 g/mol. The van der Waals surface area contributed by atoms with Crippen molar-refractivity contribution in [2.75, 3.05) is 0 Å². The van der Waals surface area contributed by atoms with Crippen molar-refractivity contribution in [3.63, 3.8) is 0 Å². The number of aryl methyl sites for hydroxylation is 1. The van der Waals surface area contributed by atoms with Crippen LogP contribution in [0, 0.1) is 0 Å². The highest BCUT2D eigenvalue weighted by molar-refractivity contribution is 6.06. The lowest BCUT2D eigenvalue weighted by Gasteiger charge is -2.16. The molecule has 0 spiro atoms. The van der Waals surface area contributed by atoms with E-state index in [2.05, 4.69) is 20.8 Å². The Bertz CT molecular complexity index is 989. The number of hydrogen-bond donors (Lipinski definition) is 2. The average Bonchev–Trinajstić information content (AvgIpc) is 3.26. The summed E-state index contributed by atoms with van der Waals surface area (Å²) in [5, 5.41) is 9.55. The first-order valence-corrected chi connectivity index (χ1v) is 10.8. The molecule has 0 bridgehead atoms. The Morgan fingerprint density at radius 2 is 1.81 bits per heavy atom. The van der Waals surface area contributed by atoms with Crippen LogP contribution in [0.15, 0.2) is 28.8 Å². The van der Waals surface area contributed by atoms with Gasteiger partial charge in [-0.05, 0) is 31.4 Å². The van der Waals surface area contributed by atoms with Crippen molar-refractivity contribution >= 4 is 17.8 Å². The molecule has 0 aliphatic carbocycles. The number of nitrogens with one attached hydrogen (secondary N) is 2. The van der Waals surface area contributed by atoms with Crippen molar-refractivity contribution in [3.05, 3.63) is 47.1 Å². The Morgan fingerprint density at radius 3 is 2.38 bits per heavy atom. The van der Waals surface area contributed by atoms with Gasteiger partial charge in [-0.25, -0.2) is 4.79 Å². The number of benzene rings is 1. The van der Waals surface area contributed by atoms with E-state index >= 15 is 0 Å². The predicted molar refractivity (Wildman–Crippen MR) is 117 cm³/mol. The molecule has 1 aliphatic heterocycles. The molecular formula is C23H31N5O4. The molecule has 1 aliphatic rings. The summed E-state index contributed by atoms with van der Waals surface area (Å²) in [4.78, 5) is 42.0. The van der Waals surface area contributed by atoms with Gasteiger partial charge in [0.2, 0.25) is 11.8 Å². The van der Waals surface area contributed by atoms with Crippen molar-refractivity contribution in [3.8, 4) is 0 Å². The normalized spacial score (nSPS) is 15.7. The summed E-state index contributed by atoms with van der Waals surface area (Å²) in [6.07, 6.45) is 1.55. The summed E-state index contributed by atoms with van der Waals surface area (Å²) in [6, 6.07) is 7.09. The van der Waals surface area contributed by atoms with E-state index in [9.17, 15) is 14.4 Å². The maximum atomic E-state index is 12.3. The molecule has 0 atom stereocenters. The number of nitrogens with zero attached hydrogens (tertiary/aromatic N) is 3. The quantitative estimate of drug-likeness (QED) is 0.608. The lowest BCUT2D eigenvalue weighted by Crippen LogP contribution is -2.40. The smallest absolute Gasteiger partial charge is 0.325 e. The summed E-state index contributed by atoms with van der Waals surface area (Å²) in [5.74, 6) is 0.922. The largest absolute Gasteiger partial charge is 0.352 e. The number of rotatable bonds is 8. The maximum Gasteiger partial charge on any atom is 0.325 e. The fraction of sp³-hybridized carbons (Fsp3) is 0.522. The molecule has 0 saturated carbocycles. The van der Waals surface area contributed by atoms with Crippen LogP contribution >= 0.6 is 0 Å². The van der Waals surface area contributed by atoms with Gasteiger partial charge in [0.1, 0.15) is 5.54 Å². The fourth-order valence-corrected chi connectivity index (χ4v) is 3.26. The molecule has 2 aromatic rings. The van der Waals surface area contributed by atoms with Gasteiger partial charge in [-0.3, -0.25) is 14.5 Å². The molecule has 9 nitrogen and oxygen atoms in total. The summed E-state index contributed by atoms with van der Waals surface area (Å²) < 4.78 is 5.24. The molecule has 3 rings (SSSR count). The second-order valence-electron chi connectivity index (χ2n) is 9.65. The van der Waals surface area contributed by atoms with Gasteiger partial charge in [-0.2, -0.15) is 4.98 Å². The van der Waals surface area contributed by atoms with Crippen molar-refractivity contribution in [1.29, 1.82) is 0 Å². The molecule has 32 heavy (non-hydrogen) atoms. The van der Waals surface area contributed by atoms with Gasteiger partial charge in [0.25, 0.3) is 5.91 Å². The van der Waals surface area contributed by atoms with Crippen LogP contribution in [-0.2, 0) is 34.5 Å². The summed E-state index contributed by atoms with van der Waals surface area (Å²) in [5.41, 5.74) is 0.739. The number of carbonyl (C=O) groups excluding carboxylic acids is 3. The van der Waals surface area contributed by atoms with Crippen LogP contribution in [-0.4, -0.2) is 38.4 Å². The Labute approximate surface area is 187 Å². The number of urea groups is 1. The van der Waals surface area contributed by atoms with E-state index in [0.29, 0.717) is 37.5 Å². The first kappa shape index (κ1) is 23.4. The van der Waals surface area contributed by atoms with E-state index in [1.165, 1.54) is 4.90 Å². The minimum atomic E-state index is -0.875. The van der Waals surface area contributed by atoms with Crippen LogP contribution < -0.4 is 10.6 Å². The Morgan fingerprint density at radius 1 is 1.16 bits per heavy atom. The second kappa shape index (κ2) is 9.10. The Hall–Kier alpha value is -3.23. The minimum Gasteiger partial charge on any atom is -0.352 e. The molecule has 0 radical (unpaired) electrons. The first-order chi connectivity index (χ1) is 15.0. The molecule has 2 N–H and O–H groups in total. The zero-order valence-corrected chi connectivity index (χ0v) is 19.3. The minimum absolute atomic E-state index is 0.0498. The number of amides is 4. The highest BCUT2D eigenvalue weighted by atomic mass is 16.5. The number of imide groups is 1. The van der Waals surface area contributed by atoms with Gasteiger partial charge in [-0.1, -0.05) is 50.2 Å². The van der Waals surface area contributed by atoms with Crippen LogP contribution in [0.3, 0.4) is 0 Å². The third-order valence-corrected chi connectivity index (χ3v) is 5.23. The van der Waals surface area contributed by atoms with Crippen molar-refractivity contribution in [2.24, 2.45) is 0 Å². The van der Waals surface area contributed by atoms with E-state index in [-0.39, 0.29) is 29.8 Å². The molecule has 1 saturated heterocycles. The molecule has 1 aromatic carbocycles. The molecule has 9 heteroatoms. The maximum absolute atomic E-state index is 12.3. The molecule has 0 unspecified atom stereocenters. The Balaban J connectivity index is 1.41. The predicted octanol–water partition coefficient (Wildman–Crippen LogP) is 2.84. The molecule has 4 amide bonds. The lowest BCUT2D eigenvalue weighted by molar-refractivity contribution is -0.130. The SMILES string of the molecule is CC1(C)NC(=O)N(Cc2ccc(CNC(=O)CCCc3nc(C(C)(C)C)no3)cc2)C1=O. The fourth-order valence-electron chi connectivity index (χ4n) is 3.26. The summed E-state index contributed by atoms with van der Waals surface area (Å²) in [6.45, 7) is 10.0. The third kappa shape index (κ3) is 5.72. The van der Waals surface area contributed by atoms with Gasteiger partial charge < -0.3 is 15.2 Å². The molecule has 1 fully saturated rings. The van der Waals surface area contributed by atoms with E-state index in [0.717, 1.165) is 11.1 Å². The third-order valence-electron chi connectivity index (χ3n) is 5.23. The standard InChI is InChI=1S/C23H31N5O4/c1-22(2,3)19-25-18(32-27-19)8-6-7-17(29)24-13-15-9-11-16(12-10-15)14-28-20(30)23(4,5)26-21(28)31/h9-12H,6-8,13-14H2,1-5H3,(H,24,29)(H,26,31).